The zero-order valence-electron chi connectivity index (χ0n) is 15.8. The lowest BCUT2D eigenvalue weighted by Crippen LogP contribution is -2.27. The number of ether oxygens (including phenoxy) is 1. The average molecular weight is 382 g/mol. The van der Waals surface area contributed by atoms with Crippen molar-refractivity contribution in [3.05, 3.63) is 102 Å². The molecule has 1 aliphatic heterocycles. The molecule has 0 unspecified atom stereocenters. The number of carbonyl (C=O) groups excluding carboxylic acids is 1. The molecule has 0 aliphatic carbocycles. The lowest BCUT2D eigenvalue weighted by molar-refractivity contribution is -0.122. The maximum atomic E-state index is 13.0. The van der Waals surface area contributed by atoms with Crippen molar-refractivity contribution in [2.45, 2.75) is 0 Å². The third-order valence-electron chi connectivity index (χ3n) is 4.30. The van der Waals surface area contributed by atoms with Crippen LogP contribution in [0.25, 0.3) is 6.08 Å². The summed E-state index contributed by atoms with van der Waals surface area (Å²) < 4.78 is 5.18. The van der Waals surface area contributed by atoms with Gasteiger partial charge in [-0.1, -0.05) is 48.5 Å². The molecule has 0 spiro atoms. The van der Waals surface area contributed by atoms with E-state index in [0.29, 0.717) is 11.5 Å². The minimum Gasteiger partial charge on any atom is -0.497 e. The van der Waals surface area contributed by atoms with Crippen LogP contribution in [0.4, 0.5) is 0 Å². The molecule has 0 fully saturated rings. The molecule has 2 heterocycles. The van der Waals surface area contributed by atoms with Crippen LogP contribution in [0, 0.1) is 0 Å². The Balaban J connectivity index is 1.70. The van der Waals surface area contributed by atoms with Crippen LogP contribution in [-0.2, 0) is 4.79 Å². The van der Waals surface area contributed by atoms with Gasteiger partial charge in [0.1, 0.15) is 11.4 Å². The van der Waals surface area contributed by atoms with Gasteiger partial charge >= 0.3 is 0 Å². The Morgan fingerprint density at radius 3 is 2.45 bits per heavy atom. The number of hydrogen-bond acceptors (Lipinski definition) is 5. The summed E-state index contributed by atoms with van der Waals surface area (Å²) in [6, 6.07) is 20.6. The van der Waals surface area contributed by atoms with Gasteiger partial charge < -0.3 is 4.74 Å². The summed E-state index contributed by atoms with van der Waals surface area (Å²) in [6.45, 7) is 0. The molecule has 6 heteroatoms. The first-order valence-corrected chi connectivity index (χ1v) is 9.03. The number of aromatic nitrogens is 1. The zero-order valence-corrected chi connectivity index (χ0v) is 15.8. The minimum atomic E-state index is -0.292. The highest BCUT2D eigenvalue weighted by Gasteiger charge is 2.31. The highest BCUT2D eigenvalue weighted by atomic mass is 16.5. The summed E-state index contributed by atoms with van der Waals surface area (Å²) in [4.78, 5) is 21.7. The first-order valence-electron chi connectivity index (χ1n) is 9.03. The molecule has 4 rings (SSSR count). The second-order valence-corrected chi connectivity index (χ2v) is 6.25. The van der Waals surface area contributed by atoms with Crippen molar-refractivity contribution in [1.29, 1.82) is 0 Å². The monoisotopic (exact) mass is 382 g/mol. The Bertz CT molecular complexity index is 1090. The van der Waals surface area contributed by atoms with Crippen LogP contribution in [0.15, 0.2) is 94.9 Å². The minimum absolute atomic E-state index is 0.292. The SMILES string of the molecule is COc1ccc(/C=C2/N=C(c3ccccc3)N(N=Cc3cccnc3)C2=O)cc1. The molecule has 3 aromatic rings. The molecule has 142 valence electrons. The van der Waals surface area contributed by atoms with E-state index in [4.69, 9.17) is 4.74 Å². The van der Waals surface area contributed by atoms with Crippen molar-refractivity contribution in [1.82, 2.24) is 9.99 Å². The third kappa shape index (κ3) is 4.11. The second kappa shape index (κ2) is 8.31. The number of aliphatic imine (C=N–C) groups is 1. The first-order chi connectivity index (χ1) is 14.2. The standard InChI is InChI=1S/C23H18N4O2/c1-29-20-11-9-17(10-12-20)14-21-23(28)27(25-16-18-6-5-13-24-15-18)22(26-21)19-7-3-2-4-8-19/h2-16H,1H3/b21-14+,25-16?. The highest BCUT2D eigenvalue weighted by Crippen LogP contribution is 2.23. The number of amides is 1. The van der Waals surface area contributed by atoms with Gasteiger partial charge in [0.15, 0.2) is 5.84 Å². The Morgan fingerprint density at radius 2 is 1.76 bits per heavy atom. The Hall–Kier alpha value is -4.06. The van der Waals surface area contributed by atoms with Crippen molar-refractivity contribution in [3.63, 3.8) is 0 Å². The Kier molecular flexibility index (Phi) is 5.25. The molecule has 2 aromatic carbocycles. The molecule has 6 nitrogen and oxygen atoms in total. The smallest absolute Gasteiger partial charge is 0.298 e. The summed E-state index contributed by atoms with van der Waals surface area (Å²) in [5.74, 6) is 0.941. The molecule has 1 aliphatic rings. The van der Waals surface area contributed by atoms with Crippen molar-refractivity contribution in [2.75, 3.05) is 7.11 Å². The van der Waals surface area contributed by atoms with Crippen LogP contribution in [0.2, 0.25) is 0 Å². The molecular weight excluding hydrogens is 364 g/mol. The quantitative estimate of drug-likeness (QED) is 0.498. The van der Waals surface area contributed by atoms with Crippen LogP contribution in [0.3, 0.4) is 0 Å². The van der Waals surface area contributed by atoms with Gasteiger partial charge in [-0.15, -0.1) is 0 Å². The summed E-state index contributed by atoms with van der Waals surface area (Å²) >= 11 is 0. The predicted octanol–water partition coefficient (Wildman–Crippen LogP) is 3.75. The topological polar surface area (TPSA) is 67.2 Å². The van der Waals surface area contributed by atoms with E-state index in [1.807, 2.05) is 66.7 Å². The van der Waals surface area contributed by atoms with Crippen molar-refractivity contribution < 1.29 is 9.53 Å². The normalized spacial score (nSPS) is 15.2. The van der Waals surface area contributed by atoms with Crippen LogP contribution in [-0.4, -0.2) is 35.1 Å². The number of rotatable bonds is 5. The number of carbonyl (C=O) groups is 1. The van der Waals surface area contributed by atoms with E-state index >= 15 is 0 Å². The average Bonchev–Trinajstić information content (AvgIpc) is 3.09. The molecule has 1 amide bonds. The highest BCUT2D eigenvalue weighted by molar-refractivity contribution is 6.19. The summed E-state index contributed by atoms with van der Waals surface area (Å²) in [7, 11) is 1.61. The molecule has 1 aromatic heterocycles. The number of pyridine rings is 1. The number of hydrazone groups is 1. The molecule has 0 atom stereocenters. The van der Waals surface area contributed by atoms with Crippen LogP contribution in [0.1, 0.15) is 16.7 Å². The van der Waals surface area contributed by atoms with Gasteiger partial charge in [-0.2, -0.15) is 10.1 Å². The summed E-state index contributed by atoms with van der Waals surface area (Å²) in [5.41, 5.74) is 2.77. The second-order valence-electron chi connectivity index (χ2n) is 6.25. The van der Waals surface area contributed by atoms with E-state index in [0.717, 1.165) is 22.4 Å². The first kappa shape index (κ1) is 18.3. The maximum absolute atomic E-state index is 13.0. The lowest BCUT2D eigenvalue weighted by Gasteiger charge is -2.11. The number of hydrogen-bond donors (Lipinski definition) is 0. The largest absolute Gasteiger partial charge is 0.497 e. The molecule has 0 saturated carbocycles. The van der Waals surface area contributed by atoms with Crippen LogP contribution < -0.4 is 4.74 Å². The van der Waals surface area contributed by atoms with Crippen molar-refractivity contribution in [2.24, 2.45) is 10.1 Å². The van der Waals surface area contributed by atoms with Gasteiger partial charge in [0.05, 0.1) is 13.3 Å². The van der Waals surface area contributed by atoms with Crippen LogP contribution in [0.5, 0.6) is 5.75 Å². The number of benzene rings is 2. The fraction of sp³-hybridized carbons (Fsp3) is 0.0435. The fourth-order valence-corrected chi connectivity index (χ4v) is 2.82. The molecule has 0 bridgehead atoms. The number of amidine groups is 1. The zero-order chi connectivity index (χ0) is 20.1. The van der Waals surface area contributed by atoms with Gasteiger partial charge in [-0.3, -0.25) is 9.78 Å². The molecular formula is C23H18N4O2. The molecule has 0 N–H and O–H groups in total. The Labute approximate surface area is 168 Å². The third-order valence-corrected chi connectivity index (χ3v) is 4.30. The number of methoxy groups -OCH3 is 1. The summed E-state index contributed by atoms with van der Waals surface area (Å²) in [6.07, 6.45) is 6.70. The number of nitrogens with zero attached hydrogens (tertiary/aromatic N) is 4. The Morgan fingerprint density at radius 1 is 0.966 bits per heavy atom. The predicted molar refractivity (Wildman–Crippen MR) is 113 cm³/mol. The van der Waals surface area contributed by atoms with Gasteiger partial charge in [0, 0.05) is 23.5 Å². The maximum Gasteiger partial charge on any atom is 0.298 e. The van der Waals surface area contributed by atoms with Crippen LogP contribution >= 0.6 is 0 Å². The molecule has 29 heavy (non-hydrogen) atoms. The van der Waals surface area contributed by atoms with Gasteiger partial charge in [0.2, 0.25) is 0 Å². The molecule has 0 saturated heterocycles. The van der Waals surface area contributed by atoms with Gasteiger partial charge in [-0.25, -0.2) is 4.99 Å². The summed E-state index contributed by atoms with van der Waals surface area (Å²) in [5, 5.41) is 5.70. The van der Waals surface area contributed by atoms with E-state index in [2.05, 4.69) is 15.1 Å². The van der Waals surface area contributed by atoms with E-state index in [1.165, 1.54) is 5.01 Å². The lowest BCUT2D eigenvalue weighted by atomic mass is 10.2. The van der Waals surface area contributed by atoms with E-state index in [1.54, 1.807) is 31.8 Å². The van der Waals surface area contributed by atoms with Gasteiger partial charge in [0.25, 0.3) is 5.91 Å². The fourth-order valence-electron chi connectivity index (χ4n) is 2.82. The van der Waals surface area contributed by atoms with Crippen molar-refractivity contribution >= 4 is 24.0 Å². The van der Waals surface area contributed by atoms with Crippen molar-refractivity contribution in [3.8, 4) is 5.75 Å². The van der Waals surface area contributed by atoms with Gasteiger partial charge in [-0.05, 0) is 29.8 Å². The van der Waals surface area contributed by atoms with E-state index in [9.17, 15) is 4.79 Å². The van der Waals surface area contributed by atoms with E-state index < -0.39 is 0 Å². The van der Waals surface area contributed by atoms with E-state index in [-0.39, 0.29) is 5.91 Å². The molecule has 0 radical (unpaired) electrons.